The van der Waals surface area contributed by atoms with Gasteiger partial charge in [0.2, 0.25) is 0 Å². The molecule has 0 aliphatic carbocycles. The number of nitrogens with two attached hydrogens (primary N) is 1. The van der Waals surface area contributed by atoms with Crippen LogP contribution >= 0.6 is 11.3 Å². The predicted molar refractivity (Wildman–Crippen MR) is 77.2 cm³/mol. The number of nitriles is 1. The van der Waals surface area contributed by atoms with Gasteiger partial charge in [0, 0.05) is 37.3 Å². The largest absolute Gasteiger partial charge is 0.383 e. The van der Waals surface area contributed by atoms with Gasteiger partial charge < -0.3 is 10.6 Å². The van der Waals surface area contributed by atoms with Gasteiger partial charge in [-0.25, -0.2) is 9.97 Å². The smallest absolute Gasteiger partial charge is 0.143 e. The van der Waals surface area contributed by atoms with Crippen LogP contribution in [0.2, 0.25) is 0 Å². The minimum atomic E-state index is 0.272. The van der Waals surface area contributed by atoms with Crippen LogP contribution in [0.3, 0.4) is 0 Å². The highest BCUT2D eigenvalue weighted by Gasteiger charge is 2.15. The van der Waals surface area contributed by atoms with E-state index in [9.17, 15) is 0 Å². The monoisotopic (exact) mass is 273 g/mol. The number of nitrogens with zero attached hydrogens (tertiary/aromatic N) is 4. The van der Waals surface area contributed by atoms with Gasteiger partial charge in [-0.3, -0.25) is 0 Å². The second kappa shape index (κ2) is 5.67. The Morgan fingerprint density at radius 1 is 1.47 bits per heavy atom. The summed E-state index contributed by atoms with van der Waals surface area (Å²) < 4.78 is 0. The first kappa shape index (κ1) is 13.3. The maximum Gasteiger partial charge on any atom is 0.143 e. The van der Waals surface area contributed by atoms with E-state index in [-0.39, 0.29) is 5.82 Å². The van der Waals surface area contributed by atoms with Crippen molar-refractivity contribution in [1.29, 1.82) is 5.26 Å². The van der Waals surface area contributed by atoms with Crippen LogP contribution in [0.1, 0.15) is 23.4 Å². The number of aromatic nitrogens is 2. The van der Waals surface area contributed by atoms with E-state index in [1.807, 2.05) is 29.6 Å². The summed E-state index contributed by atoms with van der Waals surface area (Å²) in [7, 11) is 1.94. The van der Waals surface area contributed by atoms with Gasteiger partial charge in [-0.2, -0.15) is 5.26 Å². The Morgan fingerprint density at radius 2 is 2.26 bits per heavy atom. The van der Waals surface area contributed by atoms with Crippen LogP contribution in [-0.2, 0) is 0 Å². The molecule has 0 bridgehead atoms. The Balaban J connectivity index is 2.19. The number of hydrogen-bond donors (Lipinski definition) is 1. The number of pyridine rings is 1. The summed E-state index contributed by atoms with van der Waals surface area (Å²) in [6.45, 7) is 2.89. The van der Waals surface area contributed by atoms with E-state index in [1.54, 1.807) is 17.5 Å². The number of rotatable bonds is 4. The Bertz CT molecular complexity index is 588. The van der Waals surface area contributed by atoms with Crippen molar-refractivity contribution in [1.82, 2.24) is 9.97 Å². The standard InChI is InChI=1S/C13H15N5S/c1-9(13-17-5-6-19-13)8-18(2)11-3-4-16-12(15)10(11)7-14/h3-6,9H,8H2,1-2H3,(H2,15,16). The van der Waals surface area contributed by atoms with Crippen LogP contribution in [0.25, 0.3) is 0 Å². The average molecular weight is 273 g/mol. The summed E-state index contributed by atoms with van der Waals surface area (Å²) in [5.74, 6) is 0.569. The van der Waals surface area contributed by atoms with Crippen molar-refractivity contribution in [2.75, 3.05) is 24.2 Å². The van der Waals surface area contributed by atoms with Gasteiger partial charge in [0.1, 0.15) is 17.5 Å². The highest BCUT2D eigenvalue weighted by atomic mass is 32.1. The van der Waals surface area contributed by atoms with Crippen LogP contribution < -0.4 is 10.6 Å². The van der Waals surface area contributed by atoms with Crippen molar-refractivity contribution in [2.45, 2.75) is 12.8 Å². The molecule has 6 heteroatoms. The number of anilines is 2. The quantitative estimate of drug-likeness (QED) is 0.924. The maximum absolute atomic E-state index is 9.16. The third kappa shape index (κ3) is 2.83. The molecule has 2 N–H and O–H groups in total. The Morgan fingerprint density at radius 3 is 2.89 bits per heavy atom. The lowest BCUT2D eigenvalue weighted by atomic mass is 10.1. The molecule has 0 aliphatic heterocycles. The Labute approximate surface area is 116 Å². The summed E-state index contributed by atoms with van der Waals surface area (Å²) in [5, 5.41) is 12.2. The molecule has 0 aromatic carbocycles. The molecule has 0 radical (unpaired) electrons. The fourth-order valence-corrected chi connectivity index (χ4v) is 2.65. The van der Waals surface area contributed by atoms with Crippen LogP contribution in [-0.4, -0.2) is 23.6 Å². The van der Waals surface area contributed by atoms with Crippen LogP contribution in [0.4, 0.5) is 11.5 Å². The van der Waals surface area contributed by atoms with Gasteiger partial charge in [0.25, 0.3) is 0 Å². The van der Waals surface area contributed by atoms with E-state index in [1.165, 1.54) is 0 Å². The topological polar surface area (TPSA) is 78.8 Å². The molecule has 19 heavy (non-hydrogen) atoms. The minimum absolute atomic E-state index is 0.272. The predicted octanol–water partition coefficient (Wildman–Crippen LogP) is 2.23. The van der Waals surface area contributed by atoms with E-state index in [0.717, 1.165) is 17.2 Å². The van der Waals surface area contributed by atoms with Gasteiger partial charge in [0.15, 0.2) is 0 Å². The third-order valence-electron chi connectivity index (χ3n) is 2.90. The van der Waals surface area contributed by atoms with E-state index in [2.05, 4.69) is 23.0 Å². The van der Waals surface area contributed by atoms with Gasteiger partial charge in [-0.1, -0.05) is 6.92 Å². The lowest BCUT2D eigenvalue weighted by Crippen LogP contribution is -2.24. The van der Waals surface area contributed by atoms with Crippen molar-refractivity contribution < 1.29 is 0 Å². The van der Waals surface area contributed by atoms with Crippen molar-refractivity contribution in [3.8, 4) is 6.07 Å². The fraction of sp³-hybridized carbons (Fsp3) is 0.308. The van der Waals surface area contributed by atoms with Gasteiger partial charge in [-0.05, 0) is 6.07 Å². The molecule has 2 rings (SSSR count). The maximum atomic E-state index is 9.16. The Hall–Kier alpha value is -2.13. The normalized spacial score (nSPS) is 11.8. The molecular formula is C13H15N5S. The van der Waals surface area contributed by atoms with E-state index >= 15 is 0 Å². The fourth-order valence-electron chi connectivity index (χ4n) is 1.97. The first-order valence-electron chi connectivity index (χ1n) is 5.88. The lowest BCUT2D eigenvalue weighted by molar-refractivity contribution is 0.727. The zero-order valence-electron chi connectivity index (χ0n) is 10.9. The van der Waals surface area contributed by atoms with Crippen LogP contribution in [0.15, 0.2) is 23.8 Å². The molecule has 5 nitrogen and oxygen atoms in total. The summed E-state index contributed by atoms with van der Waals surface area (Å²) in [5.41, 5.74) is 6.96. The van der Waals surface area contributed by atoms with E-state index in [4.69, 9.17) is 11.0 Å². The van der Waals surface area contributed by atoms with Crippen molar-refractivity contribution in [2.24, 2.45) is 0 Å². The highest BCUT2D eigenvalue weighted by molar-refractivity contribution is 7.09. The van der Waals surface area contributed by atoms with Crippen molar-refractivity contribution in [3.63, 3.8) is 0 Å². The first-order valence-corrected chi connectivity index (χ1v) is 6.76. The number of hydrogen-bond acceptors (Lipinski definition) is 6. The van der Waals surface area contributed by atoms with Gasteiger partial charge in [-0.15, -0.1) is 11.3 Å². The molecule has 0 aliphatic rings. The summed E-state index contributed by atoms with van der Waals surface area (Å²) in [4.78, 5) is 10.3. The zero-order valence-corrected chi connectivity index (χ0v) is 11.7. The second-order valence-electron chi connectivity index (χ2n) is 4.35. The second-order valence-corrected chi connectivity index (χ2v) is 5.28. The molecule has 1 atom stereocenters. The molecule has 0 saturated carbocycles. The summed E-state index contributed by atoms with van der Waals surface area (Å²) in [6.07, 6.45) is 3.43. The van der Waals surface area contributed by atoms with Crippen molar-refractivity contribution in [3.05, 3.63) is 34.4 Å². The van der Waals surface area contributed by atoms with Crippen molar-refractivity contribution >= 4 is 22.8 Å². The first-order chi connectivity index (χ1) is 9.13. The number of likely N-dealkylation sites (N-methyl/N-ethyl adjacent to an activating group) is 1. The molecule has 0 spiro atoms. The van der Waals surface area contributed by atoms with Crippen LogP contribution in [0.5, 0.6) is 0 Å². The molecule has 0 fully saturated rings. The molecule has 2 aromatic heterocycles. The summed E-state index contributed by atoms with van der Waals surface area (Å²) >= 11 is 1.64. The molecular weight excluding hydrogens is 258 g/mol. The highest BCUT2D eigenvalue weighted by Crippen LogP contribution is 2.25. The van der Waals surface area contributed by atoms with E-state index in [0.29, 0.717) is 11.5 Å². The minimum Gasteiger partial charge on any atom is -0.383 e. The lowest BCUT2D eigenvalue weighted by Gasteiger charge is -2.23. The average Bonchev–Trinajstić information content (AvgIpc) is 2.92. The molecule has 0 saturated heterocycles. The molecule has 2 heterocycles. The van der Waals surface area contributed by atoms with E-state index < -0.39 is 0 Å². The zero-order chi connectivity index (χ0) is 13.8. The molecule has 0 amide bonds. The Kier molecular flexibility index (Phi) is 3.97. The third-order valence-corrected chi connectivity index (χ3v) is 3.91. The molecule has 2 aromatic rings. The SMILES string of the molecule is CC(CN(C)c1ccnc(N)c1C#N)c1nccs1. The molecule has 98 valence electrons. The molecule has 1 unspecified atom stereocenters. The number of thiazole rings is 1. The summed E-state index contributed by atoms with van der Waals surface area (Å²) in [6, 6.07) is 3.92. The van der Waals surface area contributed by atoms with Gasteiger partial charge in [0.05, 0.1) is 10.7 Å². The van der Waals surface area contributed by atoms with Crippen LogP contribution in [0, 0.1) is 11.3 Å². The van der Waals surface area contributed by atoms with Gasteiger partial charge >= 0.3 is 0 Å². The number of nitrogen functional groups attached to an aromatic ring is 1.